The summed E-state index contributed by atoms with van der Waals surface area (Å²) in [5.41, 5.74) is 2.88. The van der Waals surface area contributed by atoms with Gasteiger partial charge in [-0.1, -0.05) is 12.1 Å². The maximum absolute atomic E-state index is 12.3. The molecule has 0 bridgehead atoms. The first-order valence-corrected chi connectivity index (χ1v) is 11.0. The molecule has 8 heteroatoms. The summed E-state index contributed by atoms with van der Waals surface area (Å²) in [6, 6.07) is 10.1. The first-order chi connectivity index (χ1) is 13.1. The number of hydrogen-bond acceptors (Lipinski definition) is 5. The Morgan fingerprint density at radius 2 is 2.07 bits per heavy atom. The van der Waals surface area contributed by atoms with Gasteiger partial charge in [-0.05, 0) is 41.1 Å². The van der Waals surface area contributed by atoms with Crippen LogP contribution in [0.3, 0.4) is 0 Å². The van der Waals surface area contributed by atoms with Crippen LogP contribution in [0.4, 0.5) is 0 Å². The quantitative estimate of drug-likeness (QED) is 0.455. The molecule has 3 aromatic heterocycles. The SMILES string of the molecule is Cc1nc2ccccc2n1CCNC(=O)Cc1csc(-c2cc(Br)cs2)n1. The third kappa shape index (κ3) is 4.12. The van der Waals surface area contributed by atoms with Gasteiger partial charge in [0.2, 0.25) is 5.91 Å². The van der Waals surface area contributed by atoms with E-state index in [0.717, 1.165) is 36.9 Å². The van der Waals surface area contributed by atoms with Crippen molar-refractivity contribution in [2.45, 2.75) is 19.9 Å². The molecule has 0 radical (unpaired) electrons. The van der Waals surface area contributed by atoms with E-state index in [9.17, 15) is 4.79 Å². The molecule has 1 N–H and O–H groups in total. The van der Waals surface area contributed by atoms with Gasteiger partial charge in [0.05, 0.1) is 28.0 Å². The smallest absolute Gasteiger partial charge is 0.226 e. The van der Waals surface area contributed by atoms with Crippen molar-refractivity contribution in [3.8, 4) is 9.88 Å². The fraction of sp³-hybridized carbons (Fsp3) is 0.211. The van der Waals surface area contributed by atoms with Gasteiger partial charge in [-0.3, -0.25) is 4.79 Å². The van der Waals surface area contributed by atoms with Crippen LogP contribution >= 0.6 is 38.6 Å². The largest absolute Gasteiger partial charge is 0.354 e. The van der Waals surface area contributed by atoms with Crippen molar-refractivity contribution in [1.29, 1.82) is 0 Å². The van der Waals surface area contributed by atoms with Gasteiger partial charge in [0, 0.05) is 28.3 Å². The van der Waals surface area contributed by atoms with Crippen LogP contribution in [0.1, 0.15) is 11.5 Å². The lowest BCUT2D eigenvalue weighted by Gasteiger charge is -2.08. The molecule has 1 aromatic carbocycles. The van der Waals surface area contributed by atoms with Crippen molar-refractivity contribution in [1.82, 2.24) is 19.9 Å². The first-order valence-electron chi connectivity index (χ1n) is 8.47. The van der Waals surface area contributed by atoms with E-state index in [-0.39, 0.29) is 5.91 Å². The number of para-hydroxylation sites is 2. The Bertz CT molecular complexity index is 1100. The highest BCUT2D eigenvalue weighted by molar-refractivity contribution is 9.10. The van der Waals surface area contributed by atoms with Crippen LogP contribution in [0.15, 0.2) is 45.6 Å². The van der Waals surface area contributed by atoms with Crippen LogP contribution < -0.4 is 5.32 Å². The van der Waals surface area contributed by atoms with Gasteiger partial charge in [0.25, 0.3) is 0 Å². The van der Waals surface area contributed by atoms with E-state index in [2.05, 4.69) is 41.8 Å². The number of benzene rings is 1. The fourth-order valence-electron chi connectivity index (χ4n) is 2.94. The highest BCUT2D eigenvalue weighted by Gasteiger charge is 2.11. The number of aromatic nitrogens is 3. The van der Waals surface area contributed by atoms with Crippen molar-refractivity contribution < 1.29 is 4.79 Å². The number of halogens is 1. The minimum Gasteiger partial charge on any atom is -0.354 e. The van der Waals surface area contributed by atoms with E-state index in [4.69, 9.17) is 0 Å². The van der Waals surface area contributed by atoms with Crippen LogP contribution in [0.5, 0.6) is 0 Å². The predicted molar refractivity (Wildman–Crippen MR) is 114 cm³/mol. The van der Waals surface area contributed by atoms with Crippen LogP contribution in [0.25, 0.3) is 20.9 Å². The Kier molecular flexibility index (Phi) is 5.38. The maximum Gasteiger partial charge on any atom is 0.226 e. The lowest BCUT2D eigenvalue weighted by molar-refractivity contribution is -0.120. The van der Waals surface area contributed by atoms with Crippen molar-refractivity contribution in [3.63, 3.8) is 0 Å². The van der Waals surface area contributed by atoms with Crippen LogP contribution in [0, 0.1) is 6.92 Å². The van der Waals surface area contributed by atoms with Crippen LogP contribution in [-0.4, -0.2) is 27.0 Å². The van der Waals surface area contributed by atoms with Gasteiger partial charge in [-0.15, -0.1) is 22.7 Å². The zero-order valence-electron chi connectivity index (χ0n) is 14.6. The summed E-state index contributed by atoms with van der Waals surface area (Å²) in [5, 5.41) is 7.93. The molecule has 1 amide bonds. The molecule has 138 valence electrons. The zero-order chi connectivity index (χ0) is 18.8. The van der Waals surface area contributed by atoms with Crippen LogP contribution in [-0.2, 0) is 17.8 Å². The van der Waals surface area contributed by atoms with Gasteiger partial charge < -0.3 is 9.88 Å². The molecule has 0 unspecified atom stereocenters. The molecule has 27 heavy (non-hydrogen) atoms. The number of thiophene rings is 1. The number of amides is 1. The molecule has 0 aliphatic heterocycles. The van der Waals surface area contributed by atoms with E-state index in [0.29, 0.717) is 19.5 Å². The Hall–Kier alpha value is -2.03. The van der Waals surface area contributed by atoms with E-state index >= 15 is 0 Å². The number of thiazole rings is 1. The number of fused-ring (bicyclic) bond motifs is 1. The number of carbonyl (C=O) groups excluding carboxylic acids is 1. The number of aryl methyl sites for hydroxylation is 1. The van der Waals surface area contributed by atoms with Crippen molar-refractivity contribution in [3.05, 3.63) is 57.1 Å². The Labute approximate surface area is 173 Å². The molecule has 0 saturated heterocycles. The molecule has 0 fully saturated rings. The summed E-state index contributed by atoms with van der Waals surface area (Å²) in [6.45, 7) is 3.25. The minimum absolute atomic E-state index is 0.0127. The van der Waals surface area contributed by atoms with E-state index < -0.39 is 0 Å². The molecule has 3 heterocycles. The number of hydrogen-bond donors (Lipinski definition) is 1. The van der Waals surface area contributed by atoms with Crippen LogP contribution in [0.2, 0.25) is 0 Å². The number of rotatable bonds is 6. The number of nitrogens with one attached hydrogen (secondary N) is 1. The molecular weight excluding hydrogens is 444 g/mol. The lowest BCUT2D eigenvalue weighted by Crippen LogP contribution is -2.28. The third-order valence-electron chi connectivity index (χ3n) is 4.17. The summed E-state index contributed by atoms with van der Waals surface area (Å²) in [7, 11) is 0. The van der Waals surface area contributed by atoms with Crippen molar-refractivity contribution >= 4 is 55.5 Å². The third-order valence-corrected chi connectivity index (χ3v) is 6.93. The maximum atomic E-state index is 12.3. The van der Waals surface area contributed by atoms with Gasteiger partial charge in [0.15, 0.2) is 0 Å². The highest BCUT2D eigenvalue weighted by Crippen LogP contribution is 2.32. The van der Waals surface area contributed by atoms with E-state index in [1.807, 2.05) is 41.9 Å². The normalized spacial score (nSPS) is 11.2. The average molecular weight is 461 g/mol. The molecule has 0 spiro atoms. The van der Waals surface area contributed by atoms with Gasteiger partial charge >= 0.3 is 0 Å². The van der Waals surface area contributed by atoms with Crippen molar-refractivity contribution in [2.24, 2.45) is 0 Å². The van der Waals surface area contributed by atoms with Gasteiger partial charge in [-0.2, -0.15) is 0 Å². The summed E-state index contributed by atoms with van der Waals surface area (Å²) >= 11 is 6.67. The molecule has 0 aliphatic carbocycles. The molecule has 0 aliphatic rings. The monoisotopic (exact) mass is 460 g/mol. The predicted octanol–water partition coefficient (Wildman–Crippen LogP) is 4.65. The topological polar surface area (TPSA) is 59.8 Å². The van der Waals surface area contributed by atoms with E-state index in [1.165, 1.54) is 0 Å². The van der Waals surface area contributed by atoms with Gasteiger partial charge in [-0.25, -0.2) is 9.97 Å². The Balaban J connectivity index is 1.33. The van der Waals surface area contributed by atoms with E-state index in [1.54, 1.807) is 22.7 Å². The number of imidazole rings is 1. The minimum atomic E-state index is -0.0127. The number of carbonyl (C=O) groups is 1. The van der Waals surface area contributed by atoms with Gasteiger partial charge in [0.1, 0.15) is 10.8 Å². The Morgan fingerprint density at radius 1 is 1.22 bits per heavy atom. The summed E-state index contributed by atoms with van der Waals surface area (Å²) in [4.78, 5) is 22.5. The molecule has 0 saturated carbocycles. The summed E-state index contributed by atoms with van der Waals surface area (Å²) in [6.07, 6.45) is 0.298. The molecule has 0 atom stereocenters. The molecule has 4 rings (SSSR count). The molecular formula is C19H17BrN4OS2. The standard InChI is InChI=1S/C19H17BrN4OS2/c1-12-22-15-4-2-3-5-16(15)24(12)7-6-21-18(25)9-14-11-27-19(23-14)17-8-13(20)10-26-17/h2-5,8,10-11H,6-7,9H2,1H3,(H,21,25). The molecule has 4 aromatic rings. The second-order valence-electron chi connectivity index (χ2n) is 6.10. The highest BCUT2D eigenvalue weighted by atomic mass is 79.9. The zero-order valence-corrected chi connectivity index (χ0v) is 17.8. The fourth-order valence-corrected chi connectivity index (χ4v) is 5.27. The summed E-state index contributed by atoms with van der Waals surface area (Å²) in [5.74, 6) is 0.943. The Morgan fingerprint density at radius 3 is 2.89 bits per heavy atom. The van der Waals surface area contributed by atoms with Crippen molar-refractivity contribution in [2.75, 3.05) is 6.54 Å². The molecule has 5 nitrogen and oxygen atoms in total. The second kappa shape index (κ2) is 7.92. The number of nitrogens with zero attached hydrogens (tertiary/aromatic N) is 3. The lowest BCUT2D eigenvalue weighted by atomic mass is 10.3. The second-order valence-corrected chi connectivity index (χ2v) is 8.78. The first kappa shape index (κ1) is 18.3. The summed E-state index contributed by atoms with van der Waals surface area (Å²) < 4.78 is 3.19. The average Bonchev–Trinajstić information content (AvgIpc) is 3.34.